The highest BCUT2D eigenvalue weighted by atomic mass is 79.9. The minimum Gasteiger partial charge on any atom is -0.480 e. The molecule has 0 aromatic carbocycles. The smallest absolute Gasteiger partial charge is 0.373 e. The highest BCUT2D eigenvalue weighted by Crippen LogP contribution is 2.25. The van der Waals surface area contributed by atoms with E-state index in [0.717, 1.165) is 24.1 Å². The number of hydrogen-bond acceptors (Lipinski definition) is 13. The molecule has 2 aromatic rings. The number of allylic oxidation sites excluding steroid dienone is 3. The predicted molar refractivity (Wildman–Crippen MR) is 191 cm³/mol. The number of aldehydes is 1. The minimum absolute atomic E-state index is 0.130. The Labute approximate surface area is 314 Å². The van der Waals surface area contributed by atoms with Gasteiger partial charge in [0.15, 0.2) is 6.29 Å². The molecule has 2 N–H and O–H groups in total. The second-order valence-corrected chi connectivity index (χ2v) is 12.5. The number of aliphatic carboxylic acids is 1. The van der Waals surface area contributed by atoms with Gasteiger partial charge in [-0.2, -0.15) is 20.1 Å². The van der Waals surface area contributed by atoms with Crippen molar-refractivity contribution in [2.45, 2.75) is 79.8 Å². The van der Waals surface area contributed by atoms with Crippen LogP contribution in [0.25, 0.3) is 0 Å². The van der Waals surface area contributed by atoms with Gasteiger partial charge in [-0.15, -0.1) is 0 Å². The number of aromatic nitrogens is 2. The molecular weight excluding hydrogens is 794 g/mol. The van der Waals surface area contributed by atoms with Crippen LogP contribution in [0.3, 0.4) is 0 Å². The number of carboxylic acids is 1. The topological polar surface area (TPSA) is 226 Å². The van der Waals surface area contributed by atoms with E-state index in [-0.39, 0.29) is 25.0 Å². The summed E-state index contributed by atoms with van der Waals surface area (Å²) in [5.41, 5.74) is 4.69. The van der Waals surface area contributed by atoms with Crippen molar-refractivity contribution in [1.29, 1.82) is 10.5 Å². The van der Waals surface area contributed by atoms with Crippen LogP contribution in [0.5, 0.6) is 0 Å². The van der Waals surface area contributed by atoms with Gasteiger partial charge in [0, 0.05) is 29.9 Å². The lowest BCUT2D eigenvalue weighted by Gasteiger charge is -2.22. The summed E-state index contributed by atoms with van der Waals surface area (Å²) in [6.45, 7) is 13.6. The third-order valence-corrected chi connectivity index (χ3v) is 6.72. The first-order valence-corrected chi connectivity index (χ1v) is 16.7. The van der Waals surface area contributed by atoms with Gasteiger partial charge in [0.05, 0.1) is 24.3 Å². The Morgan fingerprint density at radius 1 is 1.02 bits per heavy atom. The fourth-order valence-corrected chi connectivity index (χ4v) is 4.39. The number of esters is 2. The Morgan fingerprint density at radius 3 is 2.00 bits per heavy atom. The molecule has 0 bridgehead atoms. The van der Waals surface area contributed by atoms with E-state index in [1.54, 1.807) is 69.3 Å². The first-order valence-electron chi connectivity index (χ1n) is 15.1. The first kappa shape index (κ1) is 48.1. The van der Waals surface area contributed by atoms with Crippen LogP contribution in [-0.4, -0.2) is 57.6 Å². The number of pyridine rings is 2. The van der Waals surface area contributed by atoms with Crippen LogP contribution >= 0.6 is 31.9 Å². The molecule has 0 aliphatic carbocycles. The molecule has 16 heteroatoms. The van der Waals surface area contributed by atoms with Gasteiger partial charge < -0.3 is 19.9 Å². The van der Waals surface area contributed by atoms with Gasteiger partial charge in [0.2, 0.25) is 0 Å². The maximum absolute atomic E-state index is 11.6. The quantitative estimate of drug-likeness (QED) is 0.166. The molecule has 0 saturated carbocycles. The molecule has 0 saturated heterocycles. The largest absolute Gasteiger partial charge is 0.480 e. The van der Waals surface area contributed by atoms with Crippen LogP contribution in [0.4, 0.5) is 0 Å². The summed E-state index contributed by atoms with van der Waals surface area (Å²) in [6, 6.07) is 13.8. The average molecular weight is 836 g/mol. The Kier molecular flexibility index (Phi) is 25.3. The molecule has 3 heterocycles. The molecule has 1 aliphatic rings. The van der Waals surface area contributed by atoms with Gasteiger partial charge in [-0.1, -0.05) is 19.1 Å². The number of hydrogen-bond donors (Lipinski definition) is 2. The van der Waals surface area contributed by atoms with Crippen LogP contribution in [0.2, 0.25) is 0 Å². The molecule has 1 unspecified atom stereocenters. The second-order valence-electron chi connectivity index (χ2n) is 10.9. The Bertz CT molecular complexity index is 1650. The van der Waals surface area contributed by atoms with E-state index in [1.807, 2.05) is 20.8 Å². The summed E-state index contributed by atoms with van der Waals surface area (Å²) in [4.78, 5) is 67.0. The molecule has 0 spiro atoms. The van der Waals surface area contributed by atoms with Gasteiger partial charge in [-0.25, -0.2) is 14.8 Å². The normalized spacial score (nSPS) is 11.8. The lowest BCUT2D eigenvalue weighted by atomic mass is 9.96. The molecule has 51 heavy (non-hydrogen) atoms. The first-order chi connectivity index (χ1) is 23.9. The van der Waals surface area contributed by atoms with E-state index in [4.69, 9.17) is 34.7 Å². The lowest BCUT2D eigenvalue weighted by molar-refractivity contribution is -0.191. The SMILES string of the molecule is CC(C)(C)OC(=O)CC#N.CCOC(=O)C1=C(C)NC(C)=C(CC)C1.N#CC(Cc1cccc(Br)n1)C(=O)O.O=C=O.O=Cc1cccc(Br)n1. The Morgan fingerprint density at radius 2 is 1.59 bits per heavy atom. The zero-order valence-corrected chi connectivity index (χ0v) is 32.6. The molecule has 2 aromatic heterocycles. The van der Waals surface area contributed by atoms with E-state index < -0.39 is 23.5 Å². The average Bonchev–Trinajstić information content (AvgIpc) is 3.04. The minimum atomic E-state index is -1.12. The monoisotopic (exact) mass is 833 g/mol. The van der Waals surface area contributed by atoms with Crippen molar-refractivity contribution in [3.63, 3.8) is 0 Å². The van der Waals surface area contributed by atoms with E-state index in [2.05, 4.69) is 54.1 Å². The molecule has 0 amide bonds. The van der Waals surface area contributed by atoms with Crippen molar-refractivity contribution in [1.82, 2.24) is 15.3 Å². The van der Waals surface area contributed by atoms with Crippen molar-refractivity contribution in [3.8, 4) is 12.1 Å². The number of carbonyl (C=O) groups excluding carboxylic acids is 5. The lowest BCUT2D eigenvalue weighted by Crippen LogP contribution is -2.23. The van der Waals surface area contributed by atoms with Crippen molar-refractivity contribution in [3.05, 3.63) is 79.5 Å². The molecule has 274 valence electrons. The summed E-state index contributed by atoms with van der Waals surface area (Å²) in [5, 5.41) is 28.5. The maximum Gasteiger partial charge on any atom is 0.373 e. The molecule has 1 aliphatic heterocycles. The number of carbonyl (C=O) groups is 4. The number of rotatable bonds is 8. The highest BCUT2D eigenvalue weighted by molar-refractivity contribution is 9.10. The molecule has 0 radical (unpaired) electrons. The van der Waals surface area contributed by atoms with Crippen molar-refractivity contribution < 1.29 is 43.3 Å². The number of carboxylic acid groups (broad SMARTS) is 1. The van der Waals surface area contributed by atoms with Crippen LogP contribution < -0.4 is 5.32 Å². The van der Waals surface area contributed by atoms with E-state index in [1.165, 1.54) is 11.3 Å². The van der Waals surface area contributed by atoms with Crippen molar-refractivity contribution in [2.75, 3.05) is 6.61 Å². The number of dihydropyridines is 1. The summed E-state index contributed by atoms with van der Waals surface area (Å²) in [5.74, 6) is -2.80. The summed E-state index contributed by atoms with van der Waals surface area (Å²) < 4.78 is 11.2. The summed E-state index contributed by atoms with van der Waals surface area (Å²) in [7, 11) is 0. The van der Waals surface area contributed by atoms with Gasteiger partial charge in [0.1, 0.15) is 32.8 Å². The molecule has 1 atom stereocenters. The van der Waals surface area contributed by atoms with Crippen LogP contribution in [0, 0.1) is 28.6 Å². The Balaban J connectivity index is 0. The van der Waals surface area contributed by atoms with E-state index >= 15 is 0 Å². The van der Waals surface area contributed by atoms with Crippen molar-refractivity contribution >= 4 is 62.2 Å². The third kappa shape index (κ3) is 23.1. The maximum atomic E-state index is 11.6. The number of nitrogens with zero attached hydrogens (tertiary/aromatic N) is 4. The van der Waals surface area contributed by atoms with Gasteiger partial charge >= 0.3 is 24.1 Å². The predicted octanol–water partition coefficient (Wildman–Crippen LogP) is 6.43. The van der Waals surface area contributed by atoms with Gasteiger partial charge in [-0.3, -0.25) is 14.4 Å². The van der Waals surface area contributed by atoms with Gasteiger partial charge in [0.25, 0.3) is 0 Å². The zero-order valence-electron chi connectivity index (χ0n) is 29.4. The fraction of sp³-hybridized carbons (Fsp3) is 0.400. The number of ether oxygens (including phenoxy) is 2. The van der Waals surface area contributed by atoms with Crippen LogP contribution in [-0.2, 0) is 39.9 Å². The van der Waals surface area contributed by atoms with Crippen LogP contribution in [0.15, 0.2) is 68.1 Å². The molecular formula is C35H41Br2N5O9. The number of nitrogens with one attached hydrogen (secondary N) is 1. The zero-order chi connectivity index (χ0) is 39.6. The highest BCUT2D eigenvalue weighted by Gasteiger charge is 2.21. The number of halogens is 2. The van der Waals surface area contributed by atoms with Gasteiger partial charge in [-0.05, 0) is 110 Å². The van der Waals surface area contributed by atoms with Crippen LogP contribution in [0.1, 0.15) is 83.9 Å². The van der Waals surface area contributed by atoms with E-state index in [0.29, 0.717) is 33.5 Å². The Hall–Kier alpha value is -5.02. The number of nitriles is 2. The molecule has 3 rings (SSSR count). The summed E-state index contributed by atoms with van der Waals surface area (Å²) in [6.07, 6.45) is 2.61. The second kappa shape index (κ2) is 26.8. The third-order valence-electron chi connectivity index (χ3n) is 5.84. The fourth-order valence-electron chi connectivity index (χ4n) is 3.65. The van der Waals surface area contributed by atoms with E-state index in [9.17, 15) is 19.2 Å². The standard InChI is InChI=1S/C12H19NO2.C9H7BrN2O2.C7H11NO2.C6H4BrNO.CO2/c1-5-10-7-11(12(14)15-6-2)9(4)13-8(10)3;10-8-3-1-2-7(12-8)4-6(5-11)9(13)14;1-7(2,3)10-6(9)4-5-8;7-6-3-1-2-5(4-9)8-6;2-1-3/h13H,5-7H2,1-4H3;1-3,6H,4H2,(H,13,14);4H2,1-3H3;1-4H;. The summed E-state index contributed by atoms with van der Waals surface area (Å²) >= 11 is 6.30. The molecule has 14 nitrogen and oxygen atoms in total. The molecule has 0 fully saturated rings. The van der Waals surface area contributed by atoms with Crippen molar-refractivity contribution in [2.24, 2.45) is 5.92 Å².